The van der Waals surface area contributed by atoms with Gasteiger partial charge >= 0.3 is 6.09 Å². The average molecular weight is 227 g/mol. The quantitative estimate of drug-likeness (QED) is 0.733. The minimum absolute atomic E-state index is 0.260. The van der Waals surface area contributed by atoms with Crippen molar-refractivity contribution < 1.29 is 14.6 Å². The Balaban J connectivity index is 1.92. The van der Waals surface area contributed by atoms with Crippen LogP contribution >= 0.6 is 0 Å². The summed E-state index contributed by atoms with van der Waals surface area (Å²) in [6, 6.07) is 0. The minimum atomic E-state index is -0.674. The number of hydrogen-bond acceptors (Lipinski definition) is 3. The molecule has 1 N–H and O–H groups in total. The van der Waals surface area contributed by atoms with Gasteiger partial charge in [-0.1, -0.05) is 25.7 Å². The molecule has 92 valence electrons. The van der Waals surface area contributed by atoms with Gasteiger partial charge in [0.15, 0.2) is 0 Å². The second-order valence-electron chi connectivity index (χ2n) is 5.03. The van der Waals surface area contributed by atoms with E-state index >= 15 is 0 Å². The molecular weight excluding hydrogens is 206 g/mol. The van der Waals surface area contributed by atoms with Gasteiger partial charge in [-0.25, -0.2) is 4.79 Å². The molecule has 0 aromatic rings. The predicted octanol–water partition coefficient (Wildman–Crippen LogP) is 1.91. The van der Waals surface area contributed by atoms with E-state index < -0.39 is 5.60 Å². The highest BCUT2D eigenvalue weighted by atomic mass is 16.6. The van der Waals surface area contributed by atoms with Gasteiger partial charge in [0.05, 0.1) is 18.8 Å². The fraction of sp³-hybridized carbons (Fsp3) is 0.917. The van der Waals surface area contributed by atoms with Crippen LogP contribution in [0.5, 0.6) is 0 Å². The van der Waals surface area contributed by atoms with E-state index in [0.717, 1.165) is 38.6 Å². The molecule has 2 fully saturated rings. The molecule has 2 rings (SSSR count). The molecule has 4 nitrogen and oxygen atoms in total. The molecule has 1 heterocycles. The third-order valence-corrected chi connectivity index (χ3v) is 3.58. The highest BCUT2D eigenvalue weighted by Gasteiger charge is 2.33. The van der Waals surface area contributed by atoms with Crippen molar-refractivity contribution in [1.29, 1.82) is 0 Å². The summed E-state index contributed by atoms with van der Waals surface area (Å²) in [6.45, 7) is 1.70. The lowest BCUT2D eigenvalue weighted by Crippen LogP contribution is -2.48. The first-order valence-corrected chi connectivity index (χ1v) is 6.34. The van der Waals surface area contributed by atoms with E-state index in [-0.39, 0.29) is 6.09 Å². The maximum atomic E-state index is 11.5. The number of β-amino-alcohol motifs (C(OH)–C–C–N with tert-alkyl or cyclic N) is 1. The largest absolute Gasteiger partial charge is 0.449 e. The number of amides is 1. The molecule has 1 saturated heterocycles. The van der Waals surface area contributed by atoms with Crippen LogP contribution in [-0.4, -0.2) is 41.4 Å². The van der Waals surface area contributed by atoms with Crippen LogP contribution in [0.2, 0.25) is 0 Å². The summed E-state index contributed by atoms with van der Waals surface area (Å²) in [6.07, 6.45) is 6.79. The lowest BCUT2D eigenvalue weighted by molar-refractivity contribution is -0.0199. The Morgan fingerprint density at radius 2 is 1.88 bits per heavy atom. The van der Waals surface area contributed by atoms with E-state index in [4.69, 9.17) is 4.74 Å². The lowest BCUT2D eigenvalue weighted by Gasteiger charge is -2.35. The SMILES string of the molecule is O=C1OCCCN1CC1(O)CCCCCC1. The van der Waals surface area contributed by atoms with Gasteiger partial charge < -0.3 is 14.7 Å². The Kier molecular flexibility index (Phi) is 3.69. The van der Waals surface area contributed by atoms with Crippen LogP contribution in [0.3, 0.4) is 0 Å². The number of cyclic esters (lactones) is 1. The van der Waals surface area contributed by atoms with Gasteiger partial charge in [0.25, 0.3) is 0 Å². The zero-order chi connectivity index (χ0) is 11.4. The van der Waals surface area contributed by atoms with Crippen LogP contribution in [-0.2, 0) is 4.74 Å². The number of carbonyl (C=O) groups is 1. The summed E-state index contributed by atoms with van der Waals surface area (Å²) in [5.74, 6) is 0. The zero-order valence-electron chi connectivity index (χ0n) is 9.78. The van der Waals surface area contributed by atoms with Crippen LogP contribution in [0.1, 0.15) is 44.9 Å². The number of rotatable bonds is 2. The molecule has 1 saturated carbocycles. The van der Waals surface area contributed by atoms with Gasteiger partial charge in [-0.3, -0.25) is 0 Å². The number of ether oxygens (including phenoxy) is 1. The molecule has 2 aliphatic rings. The number of hydrogen-bond donors (Lipinski definition) is 1. The molecule has 0 aromatic heterocycles. The maximum Gasteiger partial charge on any atom is 0.409 e. The Morgan fingerprint density at radius 1 is 1.19 bits per heavy atom. The molecule has 0 atom stereocenters. The van der Waals surface area contributed by atoms with Gasteiger partial charge in [-0.05, 0) is 19.3 Å². The minimum Gasteiger partial charge on any atom is -0.449 e. The molecule has 0 unspecified atom stereocenters. The van der Waals surface area contributed by atoms with Crippen molar-refractivity contribution in [2.24, 2.45) is 0 Å². The highest BCUT2D eigenvalue weighted by molar-refractivity contribution is 5.68. The molecule has 0 bridgehead atoms. The monoisotopic (exact) mass is 227 g/mol. The van der Waals surface area contributed by atoms with E-state index in [0.29, 0.717) is 13.2 Å². The highest BCUT2D eigenvalue weighted by Crippen LogP contribution is 2.28. The van der Waals surface area contributed by atoms with Crippen molar-refractivity contribution in [2.75, 3.05) is 19.7 Å². The van der Waals surface area contributed by atoms with Crippen LogP contribution in [0, 0.1) is 0 Å². The van der Waals surface area contributed by atoms with Crippen LogP contribution in [0.15, 0.2) is 0 Å². The van der Waals surface area contributed by atoms with Crippen LogP contribution < -0.4 is 0 Å². The summed E-state index contributed by atoms with van der Waals surface area (Å²) >= 11 is 0. The first kappa shape index (κ1) is 11.7. The Bertz CT molecular complexity index is 247. The number of aliphatic hydroxyl groups is 1. The topological polar surface area (TPSA) is 49.8 Å². The van der Waals surface area contributed by atoms with Crippen molar-refractivity contribution in [1.82, 2.24) is 4.90 Å². The standard InChI is InChI=1S/C12H21NO3/c14-11-13(8-5-9-16-11)10-12(15)6-3-1-2-4-7-12/h15H,1-10H2. The molecule has 0 radical (unpaired) electrons. The van der Waals surface area contributed by atoms with Gasteiger partial charge in [-0.2, -0.15) is 0 Å². The second kappa shape index (κ2) is 5.04. The van der Waals surface area contributed by atoms with E-state index in [9.17, 15) is 9.90 Å². The van der Waals surface area contributed by atoms with Gasteiger partial charge in [0.1, 0.15) is 0 Å². The Morgan fingerprint density at radius 3 is 2.50 bits per heavy atom. The molecular formula is C12H21NO3. The summed E-state index contributed by atoms with van der Waals surface area (Å²) in [7, 11) is 0. The summed E-state index contributed by atoms with van der Waals surface area (Å²) in [4.78, 5) is 13.2. The van der Waals surface area contributed by atoms with Gasteiger partial charge in [0, 0.05) is 6.54 Å². The van der Waals surface area contributed by atoms with E-state index in [1.54, 1.807) is 4.90 Å². The van der Waals surface area contributed by atoms with Crippen molar-refractivity contribution in [3.05, 3.63) is 0 Å². The zero-order valence-corrected chi connectivity index (χ0v) is 9.78. The van der Waals surface area contributed by atoms with Crippen LogP contribution in [0.25, 0.3) is 0 Å². The fourth-order valence-corrected chi connectivity index (χ4v) is 2.64. The average Bonchev–Trinajstić information content (AvgIpc) is 2.47. The van der Waals surface area contributed by atoms with E-state index in [1.807, 2.05) is 0 Å². The van der Waals surface area contributed by atoms with E-state index in [2.05, 4.69) is 0 Å². The van der Waals surface area contributed by atoms with Gasteiger partial charge in [0.2, 0.25) is 0 Å². The van der Waals surface area contributed by atoms with Crippen LogP contribution in [0.4, 0.5) is 4.79 Å². The van der Waals surface area contributed by atoms with E-state index in [1.165, 1.54) is 12.8 Å². The third kappa shape index (κ3) is 2.88. The Labute approximate surface area is 96.6 Å². The molecule has 1 aliphatic carbocycles. The molecule has 0 spiro atoms. The molecule has 16 heavy (non-hydrogen) atoms. The third-order valence-electron chi connectivity index (χ3n) is 3.58. The normalized spacial score (nSPS) is 26.1. The molecule has 4 heteroatoms. The predicted molar refractivity (Wildman–Crippen MR) is 60.2 cm³/mol. The molecule has 1 amide bonds. The first-order valence-electron chi connectivity index (χ1n) is 6.34. The van der Waals surface area contributed by atoms with Gasteiger partial charge in [-0.15, -0.1) is 0 Å². The molecule has 1 aliphatic heterocycles. The number of nitrogens with zero attached hydrogens (tertiary/aromatic N) is 1. The lowest BCUT2D eigenvalue weighted by atomic mass is 9.94. The van der Waals surface area contributed by atoms with Crippen molar-refractivity contribution in [2.45, 2.75) is 50.5 Å². The fourth-order valence-electron chi connectivity index (χ4n) is 2.64. The summed E-state index contributed by atoms with van der Waals surface area (Å²) in [5, 5.41) is 10.5. The Hall–Kier alpha value is -0.770. The first-order chi connectivity index (χ1) is 7.70. The van der Waals surface area contributed by atoms with Crippen molar-refractivity contribution in [3.8, 4) is 0 Å². The second-order valence-corrected chi connectivity index (χ2v) is 5.03. The number of carbonyl (C=O) groups excluding carboxylic acids is 1. The maximum absolute atomic E-state index is 11.5. The van der Waals surface area contributed by atoms with Crippen molar-refractivity contribution >= 4 is 6.09 Å². The van der Waals surface area contributed by atoms with Crippen molar-refractivity contribution in [3.63, 3.8) is 0 Å². The summed E-state index contributed by atoms with van der Waals surface area (Å²) < 4.78 is 4.98. The molecule has 0 aromatic carbocycles. The summed E-state index contributed by atoms with van der Waals surface area (Å²) in [5.41, 5.74) is -0.674. The smallest absolute Gasteiger partial charge is 0.409 e.